The van der Waals surface area contributed by atoms with Gasteiger partial charge in [0.05, 0.1) is 0 Å². The van der Waals surface area contributed by atoms with E-state index in [0.717, 1.165) is 19.3 Å². The summed E-state index contributed by atoms with van der Waals surface area (Å²) in [5, 5.41) is 0. The molecule has 114 valence electrons. The molecule has 0 amide bonds. The maximum Gasteiger partial charge on any atom is 0.0192 e. The van der Waals surface area contributed by atoms with Gasteiger partial charge >= 0.3 is 0 Å². The highest BCUT2D eigenvalue weighted by atomic mass is 14.3. The van der Waals surface area contributed by atoms with E-state index in [9.17, 15) is 0 Å². The van der Waals surface area contributed by atoms with E-state index in [1.54, 1.807) is 0 Å². The highest BCUT2D eigenvalue weighted by Crippen LogP contribution is 2.36. The van der Waals surface area contributed by atoms with Crippen molar-refractivity contribution in [3.63, 3.8) is 0 Å². The van der Waals surface area contributed by atoms with Crippen LogP contribution in [0.2, 0.25) is 0 Å². The van der Waals surface area contributed by atoms with Crippen LogP contribution < -0.4 is 0 Å². The van der Waals surface area contributed by atoms with Crippen molar-refractivity contribution >= 4 is 0 Å². The normalized spacial score (nSPS) is 12.4. The van der Waals surface area contributed by atoms with Gasteiger partial charge in [0.2, 0.25) is 0 Å². The van der Waals surface area contributed by atoms with Gasteiger partial charge in [-0.3, -0.25) is 0 Å². The van der Waals surface area contributed by atoms with E-state index in [2.05, 4.69) is 59.6 Å². The van der Waals surface area contributed by atoms with Gasteiger partial charge in [0.25, 0.3) is 0 Å². The predicted molar refractivity (Wildman–Crippen MR) is 92.7 cm³/mol. The zero-order chi connectivity index (χ0) is 15.6. The maximum absolute atomic E-state index is 4.34. The minimum Gasteiger partial charge on any atom is -0.103 e. The summed E-state index contributed by atoms with van der Waals surface area (Å²) in [4.78, 5) is 0. The average molecular weight is 274 g/mol. The van der Waals surface area contributed by atoms with Crippen molar-refractivity contribution in [2.24, 2.45) is 11.3 Å². The van der Waals surface area contributed by atoms with Crippen LogP contribution in [0.3, 0.4) is 0 Å². The summed E-state index contributed by atoms with van der Waals surface area (Å²) in [6.07, 6.45) is 7.87. The Bertz CT molecular complexity index is 354. The summed E-state index contributed by atoms with van der Waals surface area (Å²) in [6.45, 7) is 19.8. The Labute approximate surface area is 127 Å². The first-order valence-corrected chi connectivity index (χ1v) is 8.17. The molecule has 0 rings (SSSR count). The molecule has 0 radical (unpaired) electrons. The van der Waals surface area contributed by atoms with E-state index in [-0.39, 0.29) is 5.41 Å². The van der Waals surface area contributed by atoms with Crippen molar-refractivity contribution in [3.8, 4) is 11.8 Å². The fourth-order valence-corrected chi connectivity index (χ4v) is 2.14. The lowest BCUT2D eigenvalue weighted by atomic mass is 9.75. The van der Waals surface area contributed by atoms with Gasteiger partial charge in [-0.2, -0.15) is 0 Å². The van der Waals surface area contributed by atoms with Gasteiger partial charge in [0, 0.05) is 18.8 Å². The molecule has 0 aromatic heterocycles. The molecular weight excluding hydrogens is 240 g/mol. The number of allylic oxidation sites excluding steroid dienone is 2. The van der Waals surface area contributed by atoms with E-state index >= 15 is 0 Å². The van der Waals surface area contributed by atoms with E-state index < -0.39 is 0 Å². The first kappa shape index (κ1) is 19.0. The van der Waals surface area contributed by atoms with Crippen LogP contribution in [-0.2, 0) is 0 Å². The second-order valence-electron chi connectivity index (χ2n) is 6.75. The van der Waals surface area contributed by atoms with Gasteiger partial charge in [-0.25, -0.2) is 0 Å². The molecule has 0 spiro atoms. The third-order valence-electron chi connectivity index (χ3n) is 3.81. The minimum atomic E-state index is 0.130. The molecule has 0 heteroatoms. The fourth-order valence-electron chi connectivity index (χ4n) is 2.14. The summed E-state index contributed by atoms with van der Waals surface area (Å²) in [5.74, 6) is 7.02. The zero-order valence-electron chi connectivity index (χ0n) is 14.4. The van der Waals surface area contributed by atoms with Crippen LogP contribution in [0.15, 0.2) is 24.3 Å². The highest BCUT2D eigenvalue weighted by Gasteiger charge is 2.24. The lowest BCUT2D eigenvalue weighted by Crippen LogP contribution is -2.18. The monoisotopic (exact) mass is 274 g/mol. The lowest BCUT2D eigenvalue weighted by Gasteiger charge is -2.30. The molecule has 0 aliphatic carbocycles. The highest BCUT2D eigenvalue weighted by molar-refractivity contribution is 5.24. The molecule has 0 aliphatic heterocycles. The first-order valence-electron chi connectivity index (χ1n) is 8.17. The number of hydrogen-bond donors (Lipinski definition) is 0. The maximum atomic E-state index is 4.34. The largest absolute Gasteiger partial charge is 0.103 e. The molecule has 0 saturated heterocycles. The molecule has 1 atom stereocenters. The molecule has 0 bridgehead atoms. The summed E-state index contributed by atoms with van der Waals surface area (Å²) < 4.78 is 0. The molecule has 0 N–H and O–H groups in total. The van der Waals surface area contributed by atoms with Gasteiger partial charge in [-0.05, 0) is 24.7 Å². The van der Waals surface area contributed by atoms with E-state index in [1.165, 1.54) is 36.8 Å². The third-order valence-corrected chi connectivity index (χ3v) is 3.81. The first-order chi connectivity index (χ1) is 9.34. The molecule has 0 aliphatic rings. The van der Waals surface area contributed by atoms with Gasteiger partial charge in [-0.15, -0.1) is 11.8 Å². The molecular formula is C20H34. The summed E-state index contributed by atoms with van der Waals surface area (Å²) in [7, 11) is 0. The summed E-state index contributed by atoms with van der Waals surface area (Å²) in [6, 6.07) is 0. The lowest BCUT2D eigenvalue weighted by molar-refractivity contribution is 0.444. The van der Waals surface area contributed by atoms with E-state index in [0.29, 0.717) is 5.92 Å². The third kappa shape index (κ3) is 7.59. The molecule has 0 aromatic carbocycles. The van der Waals surface area contributed by atoms with Crippen LogP contribution in [0.25, 0.3) is 0 Å². The van der Waals surface area contributed by atoms with Crippen LogP contribution >= 0.6 is 0 Å². The molecule has 0 nitrogen and oxygen atoms in total. The molecule has 0 aromatic rings. The van der Waals surface area contributed by atoms with Crippen molar-refractivity contribution in [2.45, 2.75) is 79.6 Å². The van der Waals surface area contributed by atoms with Gasteiger partial charge in [0.1, 0.15) is 0 Å². The number of rotatable bonds is 8. The Kier molecular flexibility index (Phi) is 9.39. The van der Waals surface area contributed by atoms with Crippen molar-refractivity contribution in [2.75, 3.05) is 0 Å². The van der Waals surface area contributed by atoms with Gasteiger partial charge in [0.15, 0.2) is 0 Å². The fraction of sp³-hybridized carbons (Fsp3) is 0.700. The average Bonchev–Trinajstić information content (AvgIpc) is 2.38. The molecule has 1 unspecified atom stereocenters. The van der Waals surface area contributed by atoms with Crippen LogP contribution in [0.1, 0.15) is 79.6 Å². The van der Waals surface area contributed by atoms with E-state index in [4.69, 9.17) is 0 Å². The summed E-state index contributed by atoms with van der Waals surface area (Å²) >= 11 is 0. The Hall–Kier alpha value is -0.960. The van der Waals surface area contributed by atoms with Crippen LogP contribution in [0.5, 0.6) is 0 Å². The number of unbranched alkanes of at least 4 members (excludes halogenated alkanes) is 3. The van der Waals surface area contributed by atoms with E-state index in [1.807, 2.05) is 0 Å². The zero-order valence-corrected chi connectivity index (χ0v) is 14.4. The Morgan fingerprint density at radius 1 is 1.00 bits per heavy atom. The Morgan fingerprint density at radius 2 is 1.60 bits per heavy atom. The molecule has 0 saturated carbocycles. The topological polar surface area (TPSA) is 0 Å². The summed E-state index contributed by atoms with van der Waals surface area (Å²) in [5.41, 5.74) is 2.73. The van der Waals surface area contributed by atoms with Crippen molar-refractivity contribution in [1.82, 2.24) is 0 Å². The van der Waals surface area contributed by atoms with Crippen LogP contribution in [0.4, 0.5) is 0 Å². The standard InChI is InChI=1S/C20H34/c1-8-10-12-13-14-16-19(17(3)15-11-9-2)18(4)20(5,6)7/h19H,3-4,8-12,15-16H2,1-2,5-7H3. The second kappa shape index (κ2) is 9.87. The van der Waals surface area contributed by atoms with Crippen molar-refractivity contribution < 1.29 is 0 Å². The van der Waals surface area contributed by atoms with Crippen LogP contribution in [-0.4, -0.2) is 0 Å². The Morgan fingerprint density at radius 3 is 2.10 bits per heavy atom. The van der Waals surface area contributed by atoms with Gasteiger partial charge in [-0.1, -0.05) is 71.8 Å². The number of hydrogen-bond acceptors (Lipinski definition) is 0. The van der Waals surface area contributed by atoms with Crippen molar-refractivity contribution in [3.05, 3.63) is 24.3 Å². The molecule has 0 fully saturated rings. The molecule has 0 heterocycles. The quantitative estimate of drug-likeness (QED) is 0.268. The Balaban J connectivity index is 4.74. The minimum absolute atomic E-state index is 0.130. The SMILES string of the molecule is C=C(CCCC)C(CC#CCCCC)C(=C)C(C)(C)C. The van der Waals surface area contributed by atoms with Crippen molar-refractivity contribution in [1.29, 1.82) is 0 Å². The smallest absolute Gasteiger partial charge is 0.0192 e. The predicted octanol–water partition coefficient (Wildman–Crippen LogP) is 6.54. The second-order valence-corrected chi connectivity index (χ2v) is 6.75. The van der Waals surface area contributed by atoms with Crippen LogP contribution in [0, 0.1) is 23.2 Å². The molecule has 20 heavy (non-hydrogen) atoms. The van der Waals surface area contributed by atoms with Gasteiger partial charge < -0.3 is 0 Å².